The molecule has 0 unspecified atom stereocenters. The Labute approximate surface area is 170 Å². The van der Waals surface area contributed by atoms with Crippen molar-refractivity contribution in [1.82, 2.24) is 25.0 Å². The minimum Gasteiger partial charge on any atom is -0.362 e. The molecule has 1 aliphatic heterocycles. The lowest BCUT2D eigenvalue weighted by atomic mass is 10.2. The number of carbonyl (C=O) groups excluding carboxylic acids is 1. The molecule has 10 heteroatoms. The number of sulfone groups is 1. The lowest BCUT2D eigenvalue weighted by Gasteiger charge is -2.08. The molecule has 0 spiro atoms. The van der Waals surface area contributed by atoms with Crippen molar-refractivity contribution in [3.05, 3.63) is 35.9 Å². The monoisotopic (exact) mass is 418 g/mol. The molecule has 0 saturated carbocycles. The maximum Gasteiger partial charge on any atom is 0.345 e. The molecule has 1 aliphatic rings. The van der Waals surface area contributed by atoms with E-state index in [1.165, 1.54) is 0 Å². The summed E-state index contributed by atoms with van der Waals surface area (Å²) in [6.07, 6.45) is 5.49. The highest BCUT2D eigenvalue weighted by Gasteiger charge is 2.25. The molecule has 0 aliphatic carbocycles. The van der Waals surface area contributed by atoms with Crippen LogP contribution >= 0.6 is 0 Å². The van der Waals surface area contributed by atoms with E-state index in [-0.39, 0.29) is 11.7 Å². The Morgan fingerprint density at radius 1 is 1.24 bits per heavy atom. The summed E-state index contributed by atoms with van der Waals surface area (Å²) in [5.74, 6) is -0.289. The van der Waals surface area contributed by atoms with Crippen LogP contribution in [-0.4, -0.2) is 60.1 Å². The second-order valence-electron chi connectivity index (χ2n) is 6.92. The molecule has 0 radical (unpaired) electrons. The molecule has 9 nitrogen and oxygen atoms in total. The van der Waals surface area contributed by atoms with E-state index in [4.69, 9.17) is 0 Å². The van der Waals surface area contributed by atoms with Crippen LogP contribution in [0.15, 0.2) is 40.5 Å². The molecule has 1 fully saturated rings. The fourth-order valence-electron chi connectivity index (χ4n) is 2.93. The Balaban J connectivity index is 1.86. The SMILES string of the molecule is CCCCNC(=O)n1nc(S(=O)(=O)Cc2ccccc2)nc1/N=C/N1CCCC1. The van der Waals surface area contributed by atoms with Gasteiger partial charge in [-0.2, -0.15) is 4.98 Å². The maximum absolute atomic E-state index is 12.8. The molecule has 0 atom stereocenters. The van der Waals surface area contributed by atoms with Crippen molar-refractivity contribution >= 4 is 28.2 Å². The summed E-state index contributed by atoms with van der Waals surface area (Å²) in [5, 5.41) is 6.29. The number of amides is 1. The van der Waals surface area contributed by atoms with Gasteiger partial charge in [0.25, 0.3) is 11.1 Å². The third kappa shape index (κ3) is 5.63. The van der Waals surface area contributed by atoms with Crippen LogP contribution in [-0.2, 0) is 15.6 Å². The first-order valence-electron chi connectivity index (χ1n) is 9.80. The highest BCUT2D eigenvalue weighted by Crippen LogP contribution is 2.18. The molecule has 3 rings (SSSR count). The van der Waals surface area contributed by atoms with E-state index in [9.17, 15) is 13.2 Å². The lowest BCUT2D eigenvalue weighted by molar-refractivity contribution is 0.239. The Morgan fingerprint density at radius 2 is 1.97 bits per heavy atom. The molecule has 1 aromatic heterocycles. The van der Waals surface area contributed by atoms with Crippen molar-refractivity contribution in [3.8, 4) is 0 Å². The third-order valence-electron chi connectivity index (χ3n) is 4.52. The zero-order valence-corrected chi connectivity index (χ0v) is 17.3. The molecule has 2 heterocycles. The first-order chi connectivity index (χ1) is 14.0. The summed E-state index contributed by atoms with van der Waals surface area (Å²) in [7, 11) is -3.82. The van der Waals surface area contributed by atoms with Crippen LogP contribution in [0.3, 0.4) is 0 Å². The van der Waals surface area contributed by atoms with Crippen molar-refractivity contribution in [2.24, 2.45) is 4.99 Å². The number of likely N-dealkylation sites (tertiary alicyclic amines) is 1. The van der Waals surface area contributed by atoms with Crippen LogP contribution in [0.4, 0.5) is 10.7 Å². The molecule has 0 bridgehead atoms. The minimum atomic E-state index is -3.82. The van der Waals surface area contributed by atoms with Crippen LogP contribution in [0.1, 0.15) is 38.2 Å². The standard InChI is InChI=1S/C19H26N6O3S/c1-2-3-11-20-19(26)25-17(21-15-24-12-7-8-13-24)22-18(23-25)29(27,28)14-16-9-5-4-6-10-16/h4-6,9-10,15H,2-3,7-8,11-14H2,1H3,(H,20,26)/b21-15+. The number of aromatic nitrogens is 3. The highest BCUT2D eigenvalue weighted by molar-refractivity contribution is 7.90. The van der Waals surface area contributed by atoms with Crippen LogP contribution in [0.25, 0.3) is 0 Å². The average molecular weight is 419 g/mol. The normalized spacial score (nSPS) is 14.6. The van der Waals surface area contributed by atoms with E-state index in [2.05, 4.69) is 20.4 Å². The van der Waals surface area contributed by atoms with E-state index < -0.39 is 21.0 Å². The number of hydrogen-bond donors (Lipinski definition) is 1. The number of rotatable bonds is 8. The summed E-state index contributed by atoms with van der Waals surface area (Å²) >= 11 is 0. The number of nitrogens with one attached hydrogen (secondary N) is 1. The Bertz CT molecular complexity index is 950. The number of unbranched alkanes of at least 4 members (excludes halogenated alkanes) is 1. The van der Waals surface area contributed by atoms with Gasteiger partial charge < -0.3 is 10.2 Å². The summed E-state index contributed by atoms with van der Waals surface area (Å²) in [6.45, 7) is 4.23. The van der Waals surface area contributed by atoms with Gasteiger partial charge in [0.15, 0.2) is 0 Å². The van der Waals surface area contributed by atoms with Crippen LogP contribution in [0, 0.1) is 0 Å². The smallest absolute Gasteiger partial charge is 0.345 e. The van der Waals surface area contributed by atoms with E-state index in [0.29, 0.717) is 12.1 Å². The van der Waals surface area contributed by atoms with Gasteiger partial charge >= 0.3 is 6.03 Å². The molecule has 1 saturated heterocycles. The van der Waals surface area contributed by atoms with Gasteiger partial charge in [-0.15, -0.1) is 9.78 Å². The number of carbonyl (C=O) groups is 1. The van der Waals surface area contributed by atoms with Gasteiger partial charge in [0.2, 0.25) is 9.84 Å². The van der Waals surface area contributed by atoms with Gasteiger partial charge in [-0.05, 0) is 24.8 Å². The van der Waals surface area contributed by atoms with Crippen LogP contribution < -0.4 is 5.32 Å². The van der Waals surface area contributed by atoms with Crippen molar-refractivity contribution in [1.29, 1.82) is 0 Å². The van der Waals surface area contributed by atoms with E-state index in [1.54, 1.807) is 30.6 Å². The molecule has 1 N–H and O–H groups in total. The summed E-state index contributed by atoms with van der Waals surface area (Å²) < 4.78 is 26.5. The zero-order valence-electron chi connectivity index (χ0n) is 16.5. The lowest BCUT2D eigenvalue weighted by Crippen LogP contribution is -2.30. The van der Waals surface area contributed by atoms with Crippen LogP contribution in [0.2, 0.25) is 0 Å². The Hall–Kier alpha value is -2.75. The number of aliphatic imine (C=N–C) groups is 1. The first-order valence-corrected chi connectivity index (χ1v) is 11.4. The minimum absolute atomic E-state index is 0.0439. The fourth-order valence-corrected chi connectivity index (χ4v) is 4.12. The molecule has 29 heavy (non-hydrogen) atoms. The van der Waals surface area contributed by atoms with Gasteiger partial charge in [-0.3, -0.25) is 0 Å². The zero-order chi connectivity index (χ0) is 20.7. The second-order valence-corrected chi connectivity index (χ2v) is 8.81. The summed E-state index contributed by atoms with van der Waals surface area (Å²) in [5.41, 5.74) is 0.623. The number of nitrogens with zero attached hydrogens (tertiary/aromatic N) is 5. The van der Waals surface area contributed by atoms with Crippen molar-refractivity contribution in [2.45, 2.75) is 43.5 Å². The van der Waals surface area contributed by atoms with Gasteiger partial charge in [0.1, 0.15) is 0 Å². The predicted octanol–water partition coefficient (Wildman–Crippen LogP) is 2.37. The molecule has 156 valence electrons. The third-order valence-corrected chi connectivity index (χ3v) is 5.97. The molecular weight excluding hydrogens is 392 g/mol. The number of hydrogen-bond acceptors (Lipinski definition) is 6. The quantitative estimate of drug-likeness (QED) is 0.400. The van der Waals surface area contributed by atoms with Gasteiger partial charge in [-0.1, -0.05) is 43.7 Å². The van der Waals surface area contributed by atoms with Gasteiger partial charge in [-0.25, -0.2) is 18.2 Å². The fraction of sp³-hybridized carbons (Fsp3) is 0.474. The van der Waals surface area contributed by atoms with Crippen molar-refractivity contribution < 1.29 is 13.2 Å². The van der Waals surface area contributed by atoms with E-state index in [0.717, 1.165) is 43.5 Å². The predicted molar refractivity (Wildman–Crippen MR) is 110 cm³/mol. The van der Waals surface area contributed by atoms with Crippen molar-refractivity contribution in [2.75, 3.05) is 19.6 Å². The Morgan fingerprint density at radius 3 is 2.66 bits per heavy atom. The Kier molecular flexibility index (Phi) is 6.97. The van der Waals surface area contributed by atoms with E-state index in [1.807, 2.05) is 17.9 Å². The average Bonchev–Trinajstić information content (AvgIpc) is 3.37. The van der Waals surface area contributed by atoms with E-state index >= 15 is 0 Å². The molecule has 1 amide bonds. The highest BCUT2D eigenvalue weighted by atomic mass is 32.2. The van der Waals surface area contributed by atoms with Gasteiger partial charge in [0.05, 0.1) is 12.1 Å². The van der Waals surface area contributed by atoms with Crippen molar-refractivity contribution in [3.63, 3.8) is 0 Å². The number of benzene rings is 1. The summed E-state index contributed by atoms with van der Waals surface area (Å²) in [6, 6.07) is 8.25. The molecule has 1 aromatic carbocycles. The maximum atomic E-state index is 12.8. The largest absolute Gasteiger partial charge is 0.362 e. The molecule has 2 aromatic rings. The van der Waals surface area contributed by atoms with Crippen LogP contribution in [0.5, 0.6) is 0 Å². The second kappa shape index (κ2) is 9.64. The van der Waals surface area contributed by atoms with Gasteiger partial charge in [0, 0.05) is 19.6 Å². The first kappa shape index (κ1) is 21.0. The topological polar surface area (TPSA) is 110 Å². The summed E-state index contributed by atoms with van der Waals surface area (Å²) in [4.78, 5) is 22.8. The molecular formula is C19H26N6O3S.